The van der Waals surface area contributed by atoms with Crippen LogP contribution >= 0.6 is 0 Å². The standard InChI is InChI=1S/C17H23NO3/c1-12-5-3-4-6-15(12)20-11-17(19)18-8-7-16-14(10-18)9-13(2)21-16/h3-6,13-14,16H,7-11H2,1-2H3/t13-,14-,16-/m0/s1. The van der Waals surface area contributed by atoms with E-state index in [9.17, 15) is 4.79 Å². The fourth-order valence-corrected chi connectivity index (χ4v) is 3.37. The molecule has 4 heteroatoms. The molecule has 1 amide bonds. The van der Waals surface area contributed by atoms with Crippen molar-refractivity contribution in [2.75, 3.05) is 19.7 Å². The third-order valence-electron chi connectivity index (χ3n) is 4.50. The van der Waals surface area contributed by atoms with Gasteiger partial charge in [0, 0.05) is 19.0 Å². The quantitative estimate of drug-likeness (QED) is 0.857. The number of fused-ring (bicyclic) bond motifs is 1. The third kappa shape index (κ3) is 3.21. The molecule has 114 valence electrons. The Morgan fingerprint density at radius 1 is 1.43 bits per heavy atom. The summed E-state index contributed by atoms with van der Waals surface area (Å²) in [5, 5.41) is 0. The summed E-state index contributed by atoms with van der Waals surface area (Å²) in [6.07, 6.45) is 2.69. The lowest BCUT2D eigenvalue weighted by Gasteiger charge is -2.34. The Bertz CT molecular complexity index is 517. The highest BCUT2D eigenvalue weighted by Gasteiger charge is 2.38. The number of hydrogen-bond acceptors (Lipinski definition) is 3. The molecule has 2 aliphatic rings. The van der Waals surface area contributed by atoms with E-state index in [1.54, 1.807) is 0 Å². The highest BCUT2D eigenvalue weighted by Crippen LogP contribution is 2.32. The number of carbonyl (C=O) groups is 1. The first-order chi connectivity index (χ1) is 10.1. The smallest absolute Gasteiger partial charge is 0.260 e. The lowest BCUT2D eigenvalue weighted by atomic mass is 9.93. The molecule has 21 heavy (non-hydrogen) atoms. The lowest BCUT2D eigenvalue weighted by Crippen LogP contribution is -2.46. The lowest BCUT2D eigenvalue weighted by molar-refractivity contribution is -0.136. The molecule has 1 aromatic rings. The van der Waals surface area contributed by atoms with Gasteiger partial charge in [-0.05, 0) is 38.3 Å². The van der Waals surface area contributed by atoms with E-state index < -0.39 is 0 Å². The average Bonchev–Trinajstić information content (AvgIpc) is 2.85. The topological polar surface area (TPSA) is 38.8 Å². The van der Waals surface area contributed by atoms with Crippen LogP contribution in [0.25, 0.3) is 0 Å². The number of piperidine rings is 1. The fourth-order valence-electron chi connectivity index (χ4n) is 3.37. The van der Waals surface area contributed by atoms with Crippen molar-refractivity contribution < 1.29 is 14.3 Å². The maximum Gasteiger partial charge on any atom is 0.260 e. The van der Waals surface area contributed by atoms with Crippen LogP contribution in [0.15, 0.2) is 24.3 Å². The maximum atomic E-state index is 12.3. The Morgan fingerprint density at radius 3 is 3.05 bits per heavy atom. The van der Waals surface area contributed by atoms with Crippen molar-refractivity contribution in [1.29, 1.82) is 0 Å². The highest BCUT2D eigenvalue weighted by molar-refractivity contribution is 5.78. The van der Waals surface area contributed by atoms with Crippen LogP contribution in [0.2, 0.25) is 0 Å². The van der Waals surface area contributed by atoms with Crippen molar-refractivity contribution in [3.8, 4) is 5.75 Å². The zero-order chi connectivity index (χ0) is 14.8. The average molecular weight is 289 g/mol. The molecule has 0 saturated carbocycles. The molecular weight excluding hydrogens is 266 g/mol. The van der Waals surface area contributed by atoms with E-state index in [4.69, 9.17) is 9.47 Å². The van der Waals surface area contributed by atoms with Gasteiger partial charge in [0.25, 0.3) is 5.91 Å². The summed E-state index contributed by atoms with van der Waals surface area (Å²) in [5.74, 6) is 1.37. The van der Waals surface area contributed by atoms with Crippen LogP contribution in [0, 0.1) is 12.8 Å². The Balaban J connectivity index is 1.53. The Labute approximate surface area is 126 Å². The molecule has 2 fully saturated rings. The molecule has 2 aliphatic heterocycles. The largest absolute Gasteiger partial charge is 0.484 e. The highest BCUT2D eigenvalue weighted by atomic mass is 16.5. The van der Waals surface area contributed by atoms with Gasteiger partial charge in [0.15, 0.2) is 6.61 Å². The fraction of sp³-hybridized carbons (Fsp3) is 0.588. The van der Waals surface area contributed by atoms with E-state index in [-0.39, 0.29) is 12.5 Å². The second-order valence-corrected chi connectivity index (χ2v) is 6.16. The summed E-state index contributed by atoms with van der Waals surface area (Å²) in [5.41, 5.74) is 1.06. The number of hydrogen-bond donors (Lipinski definition) is 0. The summed E-state index contributed by atoms with van der Waals surface area (Å²) in [6, 6.07) is 7.79. The van der Waals surface area contributed by atoms with Crippen LogP contribution in [-0.4, -0.2) is 42.7 Å². The maximum absolute atomic E-state index is 12.3. The number of carbonyl (C=O) groups excluding carboxylic acids is 1. The summed E-state index contributed by atoms with van der Waals surface area (Å²) < 4.78 is 11.5. The second kappa shape index (κ2) is 6.06. The molecule has 0 N–H and O–H groups in total. The van der Waals surface area contributed by atoms with Gasteiger partial charge in [0.1, 0.15) is 5.75 Å². The molecule has 2 saturated heterocycles. The Hall–Kier alpha value is -1.55. The molecule has 2 heterocycles. The van der Waals surface area contributed by atoms with Gasteiger partial charge in [0.05, 0.1) is 12.2 Å². The number of para-hydroxylation sites is 1. The number of nitrogens with zero attached hydrogens (tertiary/aromatic N) is 1. The first-order valence-corrected chi connectivity index (χ1v) is 7.75. The molecule has 4 nitrogen and oxygen atoms in total. The van der Waals surface area contributed by atoms with Crippen LogP contribution in [0.4, 0.5) is 0 Å². The summed E-state index contributed by atoms with van der Waals surface area (Å²) >= 11 is 0. The number of aryl methyl sites for hydroxylation is 1. The molecule has 0 radical (unpaired) electrons. The number of amides is 1. The zero-order valence-electron chi connectivity index (χ0n) is 12.7. The molecule has 0 bridgehead atoms. The number of rotatable bonds is 3. The van der Waals surface area contributed by atoms with Crippen molar-refractivity contribution in [3.05, 3.63) is 29.8 Å². The van der Waals surface area contributed by atoms with E-state index in [0.29, 0.717) is 18.1 Å². The monoisotopic (exact) mass is 289 g/mol. The van der Waals surface area contributed by atoms with Gasteiger partial charge < -0.3 is 14.4 Å². The molecule has 3 rings (SSSR count). The Morgan fingerprint density at radius 2 is 2.24 bits per heavy atom. The van der Waals surface area contributed by atoms with E-state index in [1.807, 2.05) is 36.1 Å². The first kappa shape index (κ1) is 14.4. The van der Waals surface area contributed by atoms with Crippen LogP contribution < -0.4 is 4.74 Å². The van der Waals surface area contributed by atoms with Crippen molar-refractivity contribution in [2.45, 2.75) is 38.9 Å². The minimum Gasteiger partial charge on any atom is -0.484 e. The summed E-state index contributed by atoms with van der Waals surface area (Å²) in [4.78, 5) is 14.2. The van der Waals surface area contributed by atoms with Gasteiger partial charge in [-0.2, -0.15) is 0 Å². The van der Waals surface area contributed by atoms with Gasteiger partial charge >= 0.3 is 0 Å². The predicted octanol–water partition coefficient (Wildman–Crippen LogP) is 2.40. The molecule has 0 spiro atoms. The van der Waals surface area contributed by atoms with Gasteiger partial charge in [0.2, 0.25) is 0 Å². The van der Waals surface area contributed by atoms with Crippen LogP contribution in [-0.2, 0) is 9.53 Å². The summed E-state index contributed by atoms with van der Waals surface area (Å²) in [7, 11) is 0. The Kier molecular flexibility index (Phi) is 4.15. The third-order valence-corrected chi connectivity index (χ3v) is 4.50. The molecule has 0 aliphatic carbocycles. The normalized spacial score (nSPS) is 28.3. The van der Waals surface area contributed by atoms with E-state index >= 15 is 0 Å². The number of ether oxygens (including phenoxy) is 2. The van der Waals surface area contributed by atoms with Gasteiger partial charge in [-0.15, -0.1) is 0 Å². The molecular formula is C17H23NO3. The van der Waals surface area contributed by atoms with Crippen molar-refractivity contribution >= 4 is 5.91 Å². The van der Waals surface area contributed by atoms with Gasteiger partial charge in [-0.1, -0.05) is 18.2 Å². The first-order valence-electron chi connectivity index (χ1n) is 7.75. The van der Waals surface area contributed by atoms with E-state index in [2.05, 4.69) is 6.92 Å². The molecule has 1 aromatic carbocycles. The van der Waals surface area contributed by atoms with Crippen molar-refractivity contribution in [1.82, 2.24) is 4.90 Å². The minimum absolute atomic E-state index is 0.0799. The van der Waals surface area contributed by atoms with Gasteiger partial charge in [-0.25, -0.2) is 0 Å². The SMILES string of the molecule is Cc1ccccc1OCC(=O)N1CC[C@@H]2O[C@@H](C)C[C@H]2C1. The van der Waals surface area contributed by atoms with Crippen LogP contribution in [0.5, 0.6) is 5.75 Å². The van der Waals surface area contributed by atoms with Crippen molar-refractivity contribution in [3.63, 3.8) is 0 Å². The molecule has 3 atom stereocenters. The number of benzene rings is 1. The summed E-state index contributed by atoms with van der Waals surface area (Å²) in [6.45, 7) is 5.82. The predicted molar refractivity (Wildman–Crippen MR) is 80.3 cm³/mol. The van der Waals surface area contributed by atoms with E-state index in [1.165, 1.54) is 0 Å². The van der Waals surface area contributed by atoms with Crippen LogP contribution in [0.1, 0.15) is 25.3 Å². The van der Waals surface area contributed by atoms with Crippen LogP contribution in [0.3, 0.4) is 0 Å². The minimum atomic E-state index is 0.0799. The zero-order valence-corrected chi connectivity index (χ0v) is 12.7. The van der Waals surface area contributed by atoms with Gasteiger partial charge in [-0.3, -0.25) is 4.79 Å². The molecule has 0 unspecified atom stereocenters. The van der Waals surface area contributed by atoms with E-state index in [0.717, 1.165) is 37.2 Å². The second-order valence-electron chi connectivity index (χ2n) is 6.16. The molecule has 0 aromatic heterocycles. The number of likely N-dealkylation sites (tertiary alicyclic amines) is 1. The van der Waals surface area contributed by atoms with Crippen molar-refractivity contribution in [2.24, 2.45) is 5.92 Å².